The first-order valence-corrected chi connectivity index (χ1v) is 10.2. The Balaban J connectivity index is 1.72. The summed E-state index contributed by atoms with van der Waals surface area (Å²) < 4.78 is 0. The van der Waals surface area contributed by atoms with Gasteiger partial charge in [-0.15, -0.1) is 0 Å². The van der Waals surface area contributed by atoms with Gasteiger partial charge in [-0.25, -0.2) is 4.98 Å². The predicted molar refractivity (Wildman–Crippen MR) is 107 cm³/mol. The van der Waals surface area contributed by atoms with Gasteiger partial charge in [0.15, 0.2) is 0 Å². The van der Waals surface area contributed by atoms with E-state index in [4.69, 9.17) is 0 Å². The lowest BCUT2D eigenvalue weighted by Gasteiger charge is -2.37. The molecule has 4 rings (SSSR count). The molecule has 0 bridgehead atoms. The molecule has 1 aromatic heterocycles. The smallest absolute Gasteiger partial charge is 0.213 e. The Bertz CT molecular complexity index is 815. The molecule has 142 valence electrons. The van der Waals surface area contributed by atoms with Gasteiger partial charge >= 0.3 is 0 Å². The molecule has 27 heavy (non-hydrogen) atoms. The van der Waals surface area contributed by atoms with Gasteiger partial charge in [0.2, 0.25) is 5.78 Å². The zero-order chi connectivity index (χ0) is 18.8. The molecule has 2 aromatic rings. The second-order valence-corrected chi connectivity index (χ2v) is 7.68. The standard InChI is InChI=1S/C22H28N4O/c1-3-9-26(10-4-2)16-11-15-13-25-19-6-5-17(18(12-16)21(15)19)22(27)20-14-23-7-8-24-20/h5-8,14-16,25H,3-4,9-13H2,1-2H3/t15-,16-/m1/s1. The van der Waals surface area contributed by atoms with E-state index in [2.05, 4.69) is 40.1 Å². The van der Waals surface area contributed by atoms with E-state index in [0.29, 0.717) is 17.7 Å². The van der Waals surface area contributed by atoms with Gasteiger partial charge in [-0.1, -0.05) is 13.8 Å². The number of benzene rings is 1. The van der Waals surface area contributed by atoms with Crippen molar-refractivity contribution in [3.8, 4) is 0 Å². The molecule has 2 atom stereocenters. The minimum Gasteiger partial charge on any atom is -0.384 e. The van der Waals surface area contributed by atoms with Crippen molar-refractivity contribution in [3.05, 3.63) is 53.1 Å². The third kappa shape index (κ3) is 3.36. The summed E-state index contributed by atoms with van der Waals surface area (Å²) in [6.07, 6.45) is 9.21. The first-order valence-electron chi connectivity index (χ1n) is 10.2. The first-order chi connectivity index (χ1) is 13.2. The highest BCUT2D eigenvalue weighted by atomic mass is 16.1. The van der Waals surface area contributed by atoms with Crippen LogP contribution in [0.5, 0.6) is 0 Å². The molecule has 5 heteroatoms. The fourth-order valence-electron chi connectivity index (χ4n) is 4.79. The van der Waals surface area contributed by atoms with Gasteiger partial charge in [-0.2, -0.15) is 0 Å². The van der Waals surface area contributed by atoms with Crippen molar-refractivity contribution in [1.82, 2.24) is 14.9 Å². The van der Waals surface area contributed by atoms with E-state index < -0.39 is 0 Å². The summed E-state index contributed by atoms with van der Waals surface area (Å²) in [4.78, 5) is 24.1. The Morgan fingerprint density at radius 2 is 2.04 bits per heavy atom. The van der Waals surface area contributed by atoms with Crippen LogP contribution >= 0.6 is 0 Å². The van der Waals surface area contributed by atoms with Crippen LogP contribution < -0.4 is 5.32 Å². The van der Waals surface area contributed by atoms with Gasteiger partial charge in [-0.05, 0) is 62.0 Å². The second-order valence-electron chi connectivity index (χ2n) is 7.68. The Hall–Kier alpha value is -2.27. The van der Waals surface area contributed by atoms with E-state index in [9.17, 15) is 4.79 Å². The Labute approximate surface area is 161 Å². The molecular weight excluding hydrogens is 336 g/mol. The Morgan fingerprint density at radius 3 is 2.74 bits per heavy atom. The number of hydrogen-bond acceptors (Lipinski definition) is 5. The third-order valence-electron chi connectivity index (χ3n) is 5.88. The van der Waals surface area contributed by atoms with Crippen LogP contribution in [0.1, 0.15) is 66.2 Å². The monoisotopic (exact) mass is 364 g/mol. The summed E-state index contributed by atoms with van der Waals surface area (Å²) in [5.74, 6) is 0.490. The zero-order valence-electron chi connectivity index (χ0n) is 16.2. The number of carbonyl (C=O) groups is 1. The van der Waals surface area contributed by atoms with E-state index >= 15 is 0 Å². The highest BCUT2D eigenvalue weighted by molar-refractivity contribution is 6.09. The van der Waals surface area contributed by atoms with Crippen LogP contribution in [0.3, 0.4) is 0 Å². The van der Waals surface area contributed by atoms with Gasteiger partial charge in [0, 0.05) is 42.1 Å². The van der Waals surface area contributed by atoms with Gasteiger partial charge in [0.1, 0.15) is 5.69 Å². The molecular formula is C22H28N4O. The van der Waals surface area contributed by atoms with Gasteiger partial charge in [-0.3, -0.25) is 9.78 Å². The van der Waals surface area contributed by atoms with Crippen LogP contribution in [-0.4, -0.2) is 46.3 Å². The van der Waals surface area contributed by atoms with Crippen LogP contribution in [0.2, 0.25) is 0 Å². The van der Waals surface area contributed by atoms with Crippen molar-refractivity contribution in [1.29, 1.82) is 0 Å². The quantitative estimate of drug-likeness (QED) is 0.760. The van der Waals surface area contributed by atoms with Crippen LogP contribution in [-0.2, 0) is 6.42 Å². The molecule has 0 amide bonds. The van der Waals surface area contributed by atoms with Gasteiger partial charge in [0.25, 0.3) is 0 Å². The second kappa shape index (κ2) is 7.77. The van der Waals surface area contributed by atoms with Crippen LogP contribution in [0.15, 0.2) is 30.7 Å². The number of carbonyl (C=O) groups excluding carboxylic acids is 1. The molecule has 0 radical (unpaired) electrons. The first kappa shape index (κ1) is 18.1. The van der Waals surface area contributed by atoms with Crippen molar-refractivity contribution in [3.63, 3.8) is 0 Å². The van der Waals surface area contributed by atoms with Crippen molar-refractivity contribution < 1.29 is 4.79 Å². The molecule has 0 saturated carbocycles. The minimum atomic E-state index is -0.00951. The topological polar surface area (TPSA) is 58.1 Å². The van der Waals surface area contributed by atoms with E-state index in [1.54, 1.807) is 18.6 Å². The Morgan fingerprint density at radius 1 is 1.22 bits per heavy atom. The van der Waals surface area contributed by atoms with Crippen LogP contribution in [0.25, 0.3) is 0 Å². The van der Waals surface area contributed by atoms with Gasteiger partial charge in [0.05, 0.1) is 6.20 Å². The van der Waals surface area contributed by atoms with Crippen molar-refractivity contribution in [2.24, 2.45) is 0 Å². The van der Waals surface area contributed by atoms with E-state index in [0.717, 1.165) is 44.5 Å². The summed E-state index contributed by atoms with van der Waals surface area (Å²) in [7, 11) is 0. The summed E-state index contributed by atoms with van der Waals surface area (Å²) in [5.41, 5.74) is 5.04. The fourth-order valence-corrected chi connectivity index (χ4v) is 4.79. The molecule has 1 aliphatic carbocycles. The number of aromatic nitrogens is 2. The maximum absolute atomic E-state index is 13.1. The van der Waals surface area contributed by atoms with Crippen LogP contribution in [0.4, 0.5) is 5.69 Å². The molecule has 0 fully saturated rings. The molecule has 2 aliphatic rings. The molecule has 5 nitrogen and oxygen atoms in total. The number of nitrogens with one attached hydrogen (secondary N) is 1. The summed E-state index contributed by atoms with van der Waals surface area (Å²) in [5, 5.41) is 3.55. The number of nitrogens with zero attached hydrogens (tertiary/aromatic N) is 3. The summed E-state index contributed by atoms with van der Waals surface area (Å²) >= 11 is 0. The van der Waals surface area contributed by atoms with Crippen LogP contribution in [0, 0.1) is 0 Å². The molecule has 0 unspecified atom stereocenters. The lowest BCUT2D eigenvalue weighted by atomic mass is 9.77. The number of anilines is 1. The third-order valence-corrected chi connectivity index (χ3v) is 5.88. The maximum Gasteiger partial charge on any atom is 0.213 e. The largest absolute Gasteiger partial charge is 0.384 e. The lowest BCUT2D eigenvalue weighted by molar-refractivity contribution is 0.103. The summed E-state index contributed by atoms with van der Waals surface area (Å²) in [6.45, 7) is 7.73. The Kier molecular flexibility index (Phi) is 5.21. The highest BCUT2D eigenvalue weighted by Gasteiger charge is 2.37. The molecule has 1 aromatic carbocycles. The zero-order valence-corrected chi connectivity index (χ0v) is 16.2. The normalized spacial score (nSPS) is 20.4. The summed E-state index contributed by atoms with van der Waals surface area (Å²) in [6, 6.07) is 4.55. The minimum absolute atomic E-state index is 0.00951. The van der Waals surface area contributed by atoms with Crippen molar-refractivity contribution in [2.75, 3.05) is 25.0 Å². The van der Waals surface area contributed by atoms with Crippen molar-refractivity contribution >= 4 is 11.5 Å². The number of hydrogen-bond donors (Lipinski definition) is 1. The van der Waals surface area contributed by atoms with E-state index in [-0.39, 0.29) is 5.78 Å². The average molecular weight is 364 g/mol. The number of ketones is 1. The molecule has 1 aliphatic heterocycles. The molecule has 2 heterocycles. The fraction of sp³-hybridized carbons (Fsp3) is 0.500. The lowest BCUT2D eigenvalue weighted by Crippen LogP contribution is -2.41. The predicted octanol–water partition coefficient (Wildman–Crippen LogP) is 3.65. The maximum atomic E-state index is 13.1. The SMILES string of the molecule is CCCN(CCC)[C@H]1Cc2c(C(=O)c3cnccn3)ccc3c2[C@@H](CN3)C1. The molecule has 0 spiro atoms. The molecule has 1 N–H and O–H groups in total. The number of rotatable bonds is 7. The average Bonchev–Trinajstić information content (AvgIpc) is 3.12. The highest BCUT2D eigenvalue weighted by Crippen LogP contribution is 2.44. The van der Waals surface area contributed by atoms with Gasteiger partial charge < -0.3 is 10.2 Å². The van der Waals surface area contributed by atoms with Crippen molar-refractivity contribution in [2.45, 2.75) is 51.5 Å². The molecule has 0 saturated heterocycles. The van der Waals surface area contributed by atoms with E-state index in [1.807, 2.05) is 6.07 Å². The van der Waals surface area contributed by atoms with E-state index in [1.165, 1.54) is 23.2 Å².